The Kier molecular flexibility index (Phi) is 5.86. The van der Waals surface area contributed by atoms with Gasteiger partial charge >= 0.3 is 0 Å². The van der Waals surface area contributed by atoms with Crippen molar-refractivity contribution in [1.29, 1.82) is 0 Å². The highest BCUT2D eigenvalue weighted by molar-refractivity contribution is 6.30. The second-order valence-electron chi connectivity index (χ2n) is 7.49. The quantitative estimate of drug-likeness (QED) is 0.372. The number of nitrogens with one attached hydrogen (secondary N) is 1. The minimum Gasteiger partial charge on any atom is -0.436 e. The number of carbonyl (C=O) groups excluding carboxylic acids is 1. The van der Waals surface area contributed by atoms with Crippen LogP contribution >= 0.6 is 11.6 Å². The molecule has 0 fully saturated rings. The summed E-state index contributed by atoms with van der Waals surface area (Å²) in [4.78, 5) is 17.1. The van der Waals surface area contributed by atoms with Crippen LogP contribution in [-0.4, -0.2) is 10.9 Å². The Hall–Kier alpha value is -3.11. The van der Waals surface area contributed by atoms with Gasteiger partial charge in [-0.25, -0.2) is 4.98 Å². The van der Waals surface area contributed by atoms with Crippen LogP contribution in [0.2, 0.25) is 5.02 Å². The highest BCUT2D eigenvalue weighted by atomic mass is 35.5. The summed E-state index contributed by atoms with van der Waals surface area (Å²) in [5.74, 6) is 0.930. The van der Waals surface area contributed by atoms with E-state index in [1.165, 1.54) is 5.56 Å². The predicted octanol–water partition coefficient (Wildman–Crippen LogP) is 6.84. The molecule has 3 aromatic carbocycles. The summed E-state index contributed by atoms with van der Waals surface area (Å²) in [5, 5.41) is 3.59. The predicted molar refractivity (Wildman–Crippen MR) is 122 cm³/mol. The molecular weight excluding hydrogens is 396 g/mol. The van der Waals surface area contributed by atoms with E-state index in [0.717, 1.165) is 28.6 Å². The average molecular weight is 419 g/mol. The van der Waals surface area contributed by atoms with E-state index < -0.39 is 0 Å². The molecule has 0 aliphatic carbocycles. The van der Waals surface area contributed by atoms with E-state index in [9.17, 15) is 4.79 Å². The number of fused-ring (bicyclic) bond motifs is 1. The molecule has 1 N–H and O–H groups in total. The first-order valence-corrected chi connectivity index (χ1v) is 10.4. The molecule has 0 unspecified atom stereocenters. The van der Waals surface area contributed by atoms with E-state index >= 15 is 0 Å². The van der Waals surface area contributed by atoms with Crippen LogP contribution in [0.5, 0.6) is 0 Å². The zero-order valence-corrected chi connectivity index (χ0v) is 17.7. The Labute approximate surface area is 180 Å². The Bertz CT molecular complexity index is 1180. The molecule has 5 heteroatoms. The minimum atomic E-state index is -0.0924. The maximum absolute atomic E-state index is 12.4. The van der Waals surface area contributed by atoms with Gasteiger partial charge in [0.1, 0.15) is 5.52 Å². The molecule has 0 radical (unpaired) electrons. The fourth-order valence-electron chi connectivity index (χ4n) is 3.33. The SMILES string of the molecule is CC[C@@H](C)c1ccc2oc(-c3cccc(NC(=O)Cc4ccc(Cl)cc4)c3)nc2c1. The molecule has 1 atom stereocenters. The number of hydrogen-bond donors (Lipinski definition) is 1. The lowest BCUT2D eigenvalue weighted by Crippen LogP contribution is -2.14. The van der Waals surface area contributed by atoms with Crippen LogP contribution in [-0.2, 0) is 11.2 Å². The number of amides is 1. The summed E-state index contributed by atoms with van der Waals surface area (Å²) >= 11 is 5.90. The number of benzene rings is 3. The molecule has 4 aromatic rings. The number of halogens is 1. The van der Waals surface area contributed by atoms with Crippen molar-refractivity contribution in [3.05, 3.63) is 82.9 Å². The third-order valence-electron chi connectivity index (χ3n) is 5.26. The first-order valence-electron chi connectivity index (χ1n) is 10.1. The Balaban J connectivity index is 1.52. The monoisotopic (exact) mass is 418 g/mol. The van der Waals surface area contributed by atoms with Gasteiger partial charge in [-0.05, 0) is 65.9 Å². The third-order valence-corrected chi connectivity index (χ3v) is 5.52. The van der Waals surface area contributed by atoms with Crippen LogP contribution in [0.3, 0.4) is 0 Å². The van der Waals surface area contributed by atoms with E-state index in [-0.39, 0.29) is 12.3 Å². The Morgan fingerprint density at radius 1 is 1.10 bits per heavy atom. The first-order chi connectivity index (χ1) is 14.5. The number of nitrogens with zero attached hydrogens (tertiary/aromatic N) is 1. The van der Waals surface area contributed by atoms with Crippen molar-refractivity contribution in [2.75, 3.05) is 5.32 Å². The van der Waals surface area contributed by atoms with Crippen molar-refractivity contribution < 1.29 is 9.21 Å². The van der Waals surface area contributed by atoms with Gasteiger partial charge in [-0.2, -0.15) is 0 Å². The van der Waals surface area contributed by atoms with Crippen molar-refractivity contribution in [3.8, 4) is 11.5 Å². The summed E-state index contributed by atoms with van der Waals surface area (Å²) in [7, 11) is 0. The topological polar surface area (TPSA) is 55.1 Å². The van der Waals surface area contributed by atoms with Crippen molar-refractivity contribution in [3.63, 3.8) is 0 Å². The lowest BCUT2D eigenvalue weighted by atomic mass is 9.98. The number of rotatable bonds is 6. The molecular formula is C25H23ClN2O2. The standard InChI is InChI=1S/C25H23ClN2O2/c1-3-16(2)18-9-12-23-22(15-18)28-25(30-23)19-5-4-6-21(14-19)27-24(29)13-17-7-10-20(26)11-8-17/h4-12,14-16H,3,13H2,1-2H3,(H,27,29)/t16-/m1/s1. The van der Waals surface area contributed by atoms with Gasteiger partial charge in [-0.1, -0.05) is 49.7 Å². The summed E-state index contributed by atoms with van der Waals surface area (Å²) in [6, 6.07) is 21.0. The fraction of sp³-hybridized carbons (Fsp3) is 0.200. The van der Waals surface area contributed by atoms with E-state index in [4.69, 9.17) is 16.0 Å². The number of anilines is 1. The molecule has 1 amide bonds. The van der Waals surface area contributed by atoms with Crippen LogP contribution < -0.4 is 5.32 Å². The minimum absolute atomic E-state index is 0.0924. The molecule has 0 aliphatic rings. The van der Waals surface area contributed by atoms with Crippen LogP contribution in [0.1, 0.15) is 37.3 Å². The molecule has 4 nitrogen and oxygen atoms in total. The van der Waals surface area contributed by atoms with Crippen LogP contribution in [0, 0.1) is 0 Å². The molecule has 152 valence electrons. The maximum Gasteiger partial charge on any atom is 0.228 e. The van der Waals surface area contributed by atoms with Crippen LogP contribution in [0.25, 0.3) is 22.6 Å². The smallest absolute Gasteiger partial charge is 0.228 e. The van der Waals surface area contributed by atoms with Gasteiger partial charge in [0.2, 0.25) is 11.8 Å². The highest BCUT2D eigenvalue weighted by Gasteiger charge is 2.12. The van der Waals surface area contributed by atoms with E-state index in [0.29, 0.717) is 22.5 Å². The first kappa shape index (κ1) is 20.2. The highest BCUT2D eigenvalue weighted by Crippen LogP contribution is 2.29. The Morgan fingerprint density at radius 3 is 2.67 bits per heavy atom. The largest absolute Gasteiger partial charge is 0.436 e. The van der Waals surface area contributed by atoms with Crippen LogP contribution in [0.4, 0.5) is 5.69 Å². The van der Waals surface area contributed by atoms with Crippen molar-refractivity contribution in [2.45, 2.75) is 32.6 Å². The second kappa shape index (κ2) is 8.72. The lowest BCUT2D eigenvalue weighted by Gasteiger charge is -2.07. The normalized spacial score (nSPS) is 12.1. The molecule has 4 rings (SSSR count). The Morgan fingerprint density at radius 2 is 1.90 bits per heavy atom. The summed E-state index contributed by atoms with van der Waals surface area (Å²) in [6.45, 7) is 4.38. The van der Waals surface area contributed by atoms with Gasteiger partial charge in [0, 0.05) is 16.3 Å². The third kappa shape index (κ3) is 4.55. The molecule has 0 aliphatic heterocycles. The number of hydrogen-bond acceptors (Lipinski definition) is 3. The number of aromatic nitrogens is 1. The molecule has 1 heterocycles. The zero-order chi connectivity index (χ0) is 21.1. The molecule has 0 saturated carbocycles. The lowest BCUT2D eigenvalue weighted by molar-refractivity contribution is -0.115. The van der Waals surface area contributed by atoms with E-state index in [1.54, 1.807) is 12.1 Å². The molecule has 0 spiro atoms. The molecule has 0 saturated heterocycles. The van der Waals surface area contributed by atoms with Crippen molar-refractivity contribution in [2.24, 2.45) is 0 Å². The van der Waals surface area contributed by atoms with Gasteiger partial charge in [0.25, 0.3) is 0 Å². The average Bonchev–Trinajstić information content (AvgIpc) is 3.18. The van der Waals surface area contributed by atoms with Gasteiger partial charge < -0.3 is 9.73 Å². The summed E-state index contributed by atoms with van der Waals surface area (Å²) in [5.41, 5.74) is 5.29. The van der Waals surface area contributed by atoms with Gasteiger partial charge in [0.05, 0.1) is 6.42 Å². The van der Waals surface area contributed by atoms with Crippen molar-refractivity contribution in [1.82, 2.24) is 4.98 Å². The fourth-order valence-corrected chi connectivity index (χ4v) is 3.46. The van der Waals surface area contributed by atoms with Crippen molar-refractivity contribution >= 4 is 34.3 Å². The zero-order valence-electron chi connectivity index (χ0n) is 17.0. The molecule has 1 aromatic heterocycles. The van der Waals surface area contributed by atoms with Gasteiger partial charge in [-0.15, -0.1) is 0 Å². The molecule has 0 bridgehead atoms. The molecule has 30 heavy (non-hydrogen) atoms. The maximum atomic E-state index is 12.4. The van der Waals surface area contributed by atoms with E-state index in [2.05, 4.69) is 36.3 Å². The van der Waals surface area contributed by atoms with Gasteiger partial charge in [-0.3, -0.25) is 4.79 Å². The number of carbonyl (C=O) groups is 1. The number of oxazole rings is 1. The van der Waals surface area contributed by atoms with E-state index in [1.807, 2.05) is 42.5 Å². The van der Waals surface area contributed by atoms with Crippen LogP contribution in [0.15, 0.2) is 71.1 Å². The summed E-state index contributed by atoms with van der Waals surface area (Å²) < 4.78 is 5.95. The van der Waals surface area contributed by atoms with Gasteiger partial charge in [0.15, 0.2) is 5.58 Å². The second-order valence-corrected chi connectivity index (χ2v) is 7.92. The summed E-state index contributed by atoms with van der Waals surface area (Å²) in [6.07, 6.45) is 1.36.